The summed E-state index contributed by atoms with van der Waals surface area (Å²) in [6.07, 6.45) is 1.10. The molecule has 0 bridgehead atoms. The summed E-state index contributed by atoms with van der Waals surface area (Å²) in [5, 5.41) is 0.989. The predicted molar refractivity (Wildman–Crippen MR) is 105 cm³/mol. The van der Waals surface area contributed by atoms with Gasteiger partial charge in [-0.2, -0.15) is 0 Å². The number of rotatable bonds is 8. The normalized spacial score (nSPS) is 11.8. The smallest absolute Gasteiger partial charge is 0.152 e. The number of fused-ring (bicyclic) bond motifs is 3. The van der Waals surface area contributed by atoms with Gasteiger partial charge in [-0.1, -0.05) is 0 Å². The lowest BCUT2D eigenvalue weighted by Crippen LogP contribution is -2.10. The van der Waals surface area contributed by atoms with Crippen molar-refractivity contribution in [1.82, 2.24) is 14.5 Å². The Morgan fingerprint density at radius 3 is 2.73 bits per heavy atom. The van der Waals surface area contributed by atoms with Crippen molar-refractivity contribution in [1.29, 1.82) is 0 Å². The first kappa shape index (κ1) is 18.4. The topological polar surface area (TPSA) is 101 Å². The monoisotopic (exact) mass is 357 g/mol. The van der Waals surface area contributed by atoms with Crippen LogP contribution in [0.3, 0.4) is 0 Å². The molecule has 2 aromatic heterocycles. The molecule has 0 unspecified atom stereocenters. The fourth-order valence-corrected chi connectivity index (χ4v) is 3.06. The Hall–Kier alpha value is -2.38. The molecule has 4 N–H and O–H groups in total. The van der Waals surface area contributed by atoms with Gasteiger partial charge in [0.05, 0.1) is 17.1 Å². The highest BCUT2D eigenvalue weighted by molar-refractivity contribution is 6.07. The lowest BCUT2D eigenvalue weighted by atomic mass is 10.1. The molecular weight excluding hydrogens is 330 g/mol. The van der Waals surface area contributed by atoms with E-state index in [4.69, 9.17) is 25.9 Å². The number of aryl methyl sites for hydroxylation is 1. The number of anilines is 2. The molecule has 3 rings (SSSR count). The molecule has 0 spiro atoms. The zero-order valence-corrected chi connectivity index (χ0v) is 15.7. The minimum absolute atomic E-state index is 0.223. The third kappa shape index (κ3) is 3.73. The first-order valence-corrected chi connectivity index (χ1v) is 9.04. The lowest BCUT2D eigenvalue weighted by Gasteiger charge is -2.12. The van der Waals surface area contributed by atoms with Gasteiger partial charge in [0.15, 0.2) is 5.82 Å². The zero-order chi connectivity index (χ0) is 18.7. The second kappa shape index (κ2) is 7.88. The molecule has 7 heteroatoms. The molecule has 2 heterocycles. The van der Waals surface area contributed by atoms with Crippen molar-refractivity contribution in [2.75, 3.05) is 24.7 Å². The van der Waals surface area contributed by atoms with Crippen molar-refractivity contribution in [3.8, 4) is 0 Å². The predicted octanol–water partition coefficient (Wildman–Crippen LogP) is 3.10. The van der Waals surface area contributed by atoms with E-state index < -0.39 is 0 Å². The molecule has 0 fully saturated rings. The van der Waals surface area contributed by atoms with E-state index in [1.165, 1.54) is 0 Å². The van der Waals surface area contributed by atoms with Crippen LogP contribution in [0.25, 0.3) is 21.9 Å². The highest BCUT2D eigenvalue weighted by Crippen LogP contribution is 2.30. The van der Waals surface area contributed by atoms with E-state index in [-0.39, 0.29) is 6.10 Å². The molecule has 0 radical (unpaired) electrons. The molecule has 0 saturated carbocycles. The Bertz CT molecular complexity index is 904. The van der Waals surface area contributed by atoms with E-state index in [9.17, 15) is 0 Å². The van der Waals surface area contributed by atoms with Gasteiger partial charge in [-0.05, 0) is 45.4 Å². The molecule has 0 aliphatic heterocycles. The van der Waals surface area contributed by atoms with Crippen molar-refractivity contribution in [3.05, 3.63) is 24.0 Å². The van der Waals surface area contributed by atoms with Crippen molar-refractivity contribution in [3.63, 3.8) is 0 Å². The maximum absolute atomic E-state index is 6.18. The molecule has 0 atom stereocenters. The number of ether oxygens (including phenoxy) is 2. The van der Waals surface area contributed by atoms with Crippen LogP contribution >= 0.6 is 0 Å². The van der Waals surface area contributed by atoms with Gasteiger partial charge in [0.25, 0.3) is 0 Å². The van der Waals surface area contributed by atoms with Gasteiger partial charge in [0.1, 0.15) is 17.9 Å². The Morgan fingerprint density at radius 1 is 1.19 bits per heavy atom. The van der Waals surface area contributed by atoms with Crippen LogP contribution in [-0.4, -0.2) is 33.9 Å². The van der Waals surface area contributed by atoms with Gasteiger partial charge < -0.3 is 25.5 Å². The van der Waals surface area contributed by atoms with E-state index in [1.54, 1.807) is 0 Å². The number of hydrogen-bond acceptors (Lipinski definition) is 6. The Balaban J connectivity index is 2.08. The maximum atomic E-state index is 6.18. The average molecular weight is 357 g/mol. The summed E-state index contributed by atoms with van der Waals surface area (Å²) in [6.45, 7) is 8.58. The lowest BCUT2D eigenvalue weighted by molar-refractivity contribution is 0.0742. The van der Waals surface area contributed by atoms with Crippen molar-refractivity contribution in [2.45, 2.75) is 46.4 Å². The highest BCUT2D eigenvalue weighted by atomic mass is 16.5. The van der Waals surface area contributed by atoms with Gasteiger partial charge in [-0.3, -0.25) is 0 Å². The molecule has 1 aromatic carbocycles. The summed E-state index contributed by atoms with van der Waals surface area (Å²) in [4.78, 5) is 9.19. The van der Waals surface area contributed by atoms with Crippen LogP contribution in [0.4, 0.5) is 11.5 Å². The van der Waals surface area contributed by atoms with E-state index >= 15 is 0 Å². The van der Waals surface area contributed by atoms with Crippen LogP contribution in [0.5, 0.6) is 0 Å². The molecule has 0 saturated heterocycles. The molecule has 0 aliphatic carbocycles. The van der Waals surface area contributed by atoms with Gasteiger partial charge in [0, 0.05) is 30.8 Å². The Labute approximate surface area is 153 Å². The summed E-state index contributed by atoms with van der Waals surface area (Å²) >= 11 is 0. The minimum Gasteiger partial charge on any atom is -0.399 e. The quantitative estimate of drug-likeness (QED) is 0.474. The number of nitrogens with two attached hydrogens (primary N) is 2. The maximum Gasteiger partial charge on any atom is 0.152 e. The molecule has 26 heavy (non-hydrogen) atoms. The second-order valence-electron chi connectivity index (χ2n) is 6.56. The molecule has 7 nitrogen and oxygen atoms in total. The van der Waals surface area contributed by atoms with Crippen LogP contribution in [0, 0.1) is 0 Å². The van der Waals surface area contributed by atoms with Crippen LogP contribution in [-0.2, 0) is 22.6 Å². The number of benzene rings is 1. The minimum atomic E-state index is 0.223. The number of imidazole rings is 1. The summed E-state index contributed by atoms with van der Waals surface area (Å²) in [5.41, 5.74) is 15.2. The number of hydrogen-bond donors (Lipinski definition) is 2. The first-order valence-electron chi connectivity index (χ1n) is 9.04. The average Bonchev–Trinajstić information content (AvgIpc) is 2.96. The molecule has 0 aliphatic rings. The summed E-state index contributed by atoms with van der Waals surface area (Å²) in [6, 6.07) is 5.69. The third-order valence-electron chi connectivity index (χ3n) is 4.22. The first-order chi connectivity index (χ1) is 12.5. The van der Waals surface area contributed by atoms with Gasteiger partial charge in [-0.15, -0.1) is 0 Å². The summed E-state index contributed by atoms with van der Waals surface area (Å²) in [7, 11) is 0. The Morgan fingerprint density at radius 2 is 2.00 bits per heavy atom. The number of nitrogens with zero attached hydrogens (tertiary/aromatic N) is 3. The standard InChI is InChI=1S/C19H27N5O2/c1-4-25-11-16-23-17-18(24(16)8-5-9-26-12(2)3)14-7-6-13(20)10-15(14)22-19(17)21/h6-7,10,12H,4-5,8-9,11,20H2,1-3H3,(H2,21,22). The van der Waals surface area contributed by atoms with E-state index in [1.807, 2.05) is 39.0 Å². The van der Waals surface area contributed by atoms with Crippen LogP contribution in [0.15, 0.2) is 18.2 Å². The largest absolute Gasteiger partial charge is 0.399 e. The number of pyridine rings is 1. The number of nitrogen functional groups attached to an aromatic ring is 2. The van der Waals surface area contributed by atoms with Gasteiger partial charge in [-0.25, -0.2) is 9.97 Å². The Kier molecular flexibility index (Phi) is 5.58. The molecule has 140 valence electrons. The highest BCUT2D eigenvalue weighted by Gasteiger charge is 2.17. The summed E-state index contributed by atoms with van der Waals surface area (Å²) in [5.74, 6) is 1.26. The van der Waals surface area contributed by atoms with Crippen molar-refractivity contribution < 1.29 is 9.47 Å². The van der Waals surface area contributed by atoms with E-state index in [2.05, 4.69) is 9.55 Å². The fraction of sp³-hybridized carbons (Fsp3) is 0.474. The van der Waals surface area contributed by atoms with Gasteiger partial charge in [0.2, 0.25) is 0 Å². The van der Waals surface area contributed by atoms with Gasteiger partial charge >= 0.3 is 0 Å². The fourth-order valence-electron chi connectivity index (χ4n) is 3.06. The SMILES string of the molecule is CCOCc1nc2c(N)nc3cc(N)ccc3c2n1CCCOC(C)C. The van der Waals surface area contributed by atoms with Crippen molar-refractivity contribution in [2.24, 2.45) is 0 Å². The third-order valence-corrected chi connectivity index (χ3v) is 4.22. The molecule has 3 aromatic rings. The molecular formula is C19H27N5O2. The van der Waals surface area contributed by atoms with Crippen LogP contribution in [0.1, 0.15) is 33.0 Å². The second-order valence-corrected chi connectivity index (χ2v) is 6.56. The zero-order valence-electron chi connectivity index (χ0n) is 15.7. The van der Waals surface area contributed by atoms with Crippen molar-refractivity contribution >= 4 is 33.4 Å². The van der Waals surface area contributed by atoms with Crippen LogP contribution < -0.4 is 11.5 Å². The number of aromatic nitrogens is 3. The van der Waals surface area contributed by atoms with Crippen LogP contribution in [0.2, 0.25) is 0 Å². The van der Waals surface area contributed by atoms with E-state index in [0.29, 0.717) is 36.8 Å². The van der Waals surface area contributed by atoms with E-state index in [0.717, 1.165) is 35.2 Å². The molecule has 0 amide bonds. The summed E-state index contributed by atoms with van der Waals surface area (Å²) < 4.78 is 13.5.